The van der Waals surface area contributed by atoms with Gasteiger partial charge in [0.15, 0.2) is 0 Å². The highest BCUT2D eigenvalue weighted by Crippen LogP contribution is 2.35. The summed E-state index contributed by atoms with van der Waals surface area (Å²) >= 11 is 9.52. The van der Waals surface area contributed by atoms with E-state index in [1.807, 2.05) is 54.6 Å². The molecule has 0 unspecified atom stereocenters. The van der Waals surface area contributed by atoms with Crippen LogP contribution in [0.15, 0.2) is 59.1 Å². The van der Waals surface area contributed by atoms with Crippen molar-refractivity contribution >= 4 is 56.9 Å². The summed E-state index contributed by atoms with van der Waals surface area (Å²) in [6.07, 6.45) is 2.39. The van der Waals surface area contributed by atoms with Gasteiger partial charge in [-0.2, -0.15) is 4.98 Å². The lowest BCUT2D eigenvalue weighted by molar-refractivity contribution is -0.121. The molecule has 30 heavy (non-hydrogen) atoms. The highest BCUT2D eigenvalue weighted by Gasteiger charge is 2.35. The normalized spacial score (nSPS) is 18.3. The minimum absolute atomic E-state index is 0.0921. The number of allylic oxidation sites excluding steroid dienone is 1. The predicted octanol–water partition coefficient (Wildman–Crippen LogP) is 4.40. The number of anilines is 2. The molecule has 1 saturated heterocycles. The quantitative estimate of drug-likeness (QED) is 0.557. The molecule has 1 fully saturated rings. The number of carbonyl (C=O) groups is 2. The van der Waals surface area contributed by atoms with Crippen LogP contribution in [-0.4, -0.2) is 26.6 Å². The molecule has 5 rings (SSSR count). The zero-order valence-electron chi connectivity index (χ0n) is 15.5. The van der Waals surface area contributed by atoms with E-state index in [4.69, 9.17) is 11.6 Å². The van der Waals surface area contributed by atoms with Crippen molar-refractivity contribution < 1.29 is 9.59 Å². The van der Waals surface area contributed by atoms with Crippen LogP contribution < -0.4 is 10.2 Å². The Labute approximate surface area is 185 Å². The summed E-state index contributed by atoms with van der Waals surface area (Å²) < 4.78 is 2.66. The molecule has 2 aromatic carbocycles. The summed E-state index contributed by atoms with van der Waals surface area (Å²) in [5, 5.41) is 8.41. The summed E-state index contributed by atoms with van der Waals surface area (Å²) in [6.45, 7) is 0. The van der Waals surface area contributed by atoms with Gasteiger partial charge in [-0.05, 0) is 41.5 Å². The third kappa shape index (κ3) is 3.32. The average Bonchev–Trinajstić information content (AvgIpc) is 3.30. The van der Waals surface area contributed by atoms with E-state index in [1.165, 1.54) is 0 Å². The molecule has 0 radical (unpaired) electrons. The second-order valence-corrected chi connectivity index (χ2v) is 8.36. The molecule has 150 valence electrons. The molecular formula is C21H15BrClN5O2. The Bertz CT molecular complexity index is 1170. The van der Waals surface area contributed by atoms with Crippen LogP contribution in [0.2, 0.25) is 5.02 Å². The van der Waals surface area contributed by atoms with Crippen LogP contribution in [0, 0.1) is 0 Å². The van der Waals surface area contributed by atoms with Crippen molar-refractivity contribution in [2.24, 2.45) is 0 Å². The Kier molecular flexibility index (Phi) is 4.67. The average molecular weight is 485 g/mol. The minimum Gasteiger partial charge on any atom is -0.324 e. The van der Waals surface area contributed by atoms with Gasteiger partial charge in [0, 0.05) is 28.0 Å². The molecule has 2 aliphatic rings. The fourth-order valence-electron chi connectivity index (χ4n) is 3.57. The first-order valence-corrected chi connectivity index (χ1v) is 10.5. The minimum atomic E-state index is -0.286. The van der Waals surface area contributed by atoms with Crippen LogP contribution >= 0.6 is 27.5 Å². The summed E-state index contributed by atoms with van der Waals surface area (Å²) in [5.74, 6) is -0.0218. The number of fused-ring (bicyclic) bond motifs is 1. The summed E-state index contributed by atoms with van der Waals surface area (Å²) in [7, 11) is 0. The van der Waals surface area contributed by atoms with Gasteiger partial charge in [0.05, 0.1) is 0 Å². The van der Waals surface area contributed by atoms with Gasteiger partial charge in [0.25, 0.3) is 5.95 Å². The maximum Gasteiger partial charge on any atom is 0.260 e. The maximum atomic E-state index is 12.2. The van der Waals surface area contributed by atoms with Crippen molar-refractivity contribution in [2.75, 3.05) is 10.2 Å². The molecule has 0 aliphatic carbocycles. The van der Waals surface area contributed by atoms with E-state index in [0.29, 0.717) is 11.0 Å². The van der Waals surface area contributed by atoms with Crippen molar-refractivity contribution in [3.8, 4) is 0 Å². The van der Waals surface area contributed by atoms with Gasteiger partial charge < -0.3 is 5.32 Å². The second-order valence-electron chi connectivity index (χ2n) is 7.01. The van der Waals surface area contributed by atoms with Gasteiger partial charge in [-0.25, -0.2) is 9.58 Å². The van der Waals surface area contributed by atoms with E-state index < -0.39 is 0 Å². The number of carbonyl (C=O) groups excluding carboxylic acids is 2. The summed E-state index contributed by atoms with van der Waals surface area (Å²) in [6, 6.07) is 15.1. The van der Waals surface area contributed by atoms with Crippen molar-refractivity contribution in [3.63, 3.8) is 0 Å². The van der Waals surface area contributed by atoms with Crippen LogP contribution in [-0.2, 0) is 9.59 Å². The first-order chi connectivity index (χ1) is 14.5. The van der Waals surface area contributed by atoms with Crippen LogP contribution in [0.4, 0.5) is 11.9 Å². The Morgan fingerprint density at radius 2 is 1.67 bits per heavy atom. The van der Waals surface area contributed by atoms with E-state index in [0.717, 1.165) is 26.2 Å². The monoisotopic (exact) mass is 483 g/mol. The molecule has 0 bridgehead atoms. The van der Waals surface area contributed by atoms with Crippen LogP contribution in [0.25, 0.3) is 5.70 Å². The standard InChI is InChI=1S/C21H15BrClN5O2/c22-14-5-1-12(2-6-14)16-11-17(13-3-7-15(23)8-4-13)28-20(24-16)25-21(26-28)27-18(29)9-10-19(27)30/h1-8,11,17H,9-10H2,(H,24,25,26)/t17-/m0/s1. The van der Waals surface area contributed by atoms with Crippen LogP contribution in [0.3, 0.4) is 0 Å². The Morgan fingerprint density at radius 1 is 1.00 bits per heavy atom. The molecule has 1 atom stereocenters. The van der Waals surface area contributed by atoms with E-state index in [1.54, 1.807) is 4.68 Å². The number of nitrogens with zero attached hydrogens (tertiary/aromatic N) is 4. The molecule has 1 N–H and O–H groups in total. The number of amides is 2. The van der Waals surface area contributed by atoms with Gasteiger partial charge >= 0.3 is 0 Å². The third-order valence-corrected chi connectivity index (χ3v) is 5.85. The smallest absolute Gasteiger partial charge is 0.260 e. The molecule has 3 heterocycles. The molecule has 7 nitrogen and oxygen atoms in total. The first kappa shape index (κ1) is 19.0. The number of hydrogen-bond donors (Lipinski definition) is 1. The fraction of sp³-hybridized carbons (Fsp3) is 0.143. The lowest BCUT2D eigenvalue weighted by Crippen LogP contribution is -2.29. The number of hydrogen-bond acceptors (Lipinski definition) is 5. The highest BCUT2D eigenvalue weighted by atomic mass is 79.9. The zero-order chi connectivity index (χ0) is 20.8. The second kappa shape index (κ2) is 7.37. The number of aromatic nitrogens is 3. The lowest BCUT2D eigenvalue weighted by Gasteiger charge is -2.24. The van der Waals surface area contributed by atoms with Crippen molar-refractivity contribution in [3.05, 3.63) is 75.2 Å². The topological polar surface area (TPSA) is 80.1 Å². The number of halogens is 2. The number of nitrogens with one attached hydrogen (secondary N) is 1. The van der Waals surface area contributed by atoms with Gasteiger partial charge in [-0.1, -0.05) is 51.8 Å². The number of benzene rings is 2. The SMILES string of the molecule is O=C1CCC(=O)N1c1nc2n(n1)[C@H](c1ccc(Cl)cc1)C=C(c1ccc(Br)cc1)N2. The molecule has 9 heteroatoms. The molecule has 3 aromatic rings. The van der Waals surface area contributed by atoms with Crippen molar-refractivity contribution in [2.45, 2.75) is 18.9 Å². The van der Waals surface area contributed by atoms with Crippen LogP contribution in [0.5, 0.6) is 0 Å². The Hall–Kier alpha value is -2.97. The summed E-state index contributed by atoms with van der Waals surface area (Å²) in [4.78, 5) is 29.9. The van der Waals surface area contributed by atoms with E-state index >= 15 is 0 Å². The Balaban J connectivity index is 1.61. The molecular weight excluding hydrogens is 470 g/mol. The lowest BCUT2D eigenvalue weighted by atomic mass is 10.0. The van der Waals surface area contributed by atoms with E-state index in [2.05, 4.69) is 31.3 Å². The fourth-order valence-corrected chi connectivity index (χ4v) is 3.96. The van der Waals surface area contributed by atoms with Gasteiger partial charge in [0.1, 0.15) is 6.04 Å². The maximum absolute atomic E-state index is 12.2. The van der Waals surface area contributed by atoms with Crippen LogP contribution in [0.1, 0.15) is 30.0 Å². The van der Waals surface area contributed by atoms with Gasteiger partial charge in [0.2, 0.25) is 17.8 Å². The van der Waals surface area contributed by atoms with Gasteiger partial charge in [-0.3, -0.25) is 9.59 Å². The van der Waals surface area contributed by atoms with Gasteiger partial charge in [-0.15, -0.1) is 5.10 Å². The third-order valence-electron chi connectivity index (χ3n) is 5.07. The van der Waals surface area contributed by atoms with Crippen molar-refractivity contribution in [1.29, 1.82) is 0 Å². The predicted molar refractivity (Wildman–Crippen MR) is 117 cm³/mol. The molecule has 2 aliphatic heterocycles. The molecule has 0 saturated carbocycles. The zero-order valence-corrected chi connectivity index (χ0v) is 17.9. The molecule has 0 spiro atoms. The molecule has 1 aromatic heterocycles. The van der Waals surface area contributed by atoms with Crippen molar-refractivity contribution in [1.82, 2.24) is 14.8 Å². The molecule has 2 amide bonds. The first-order valence-electron chi connectivity index (χ1n) is 9.32. The number of rotatable bonds is 3. The highest BCUT2D eigenvalue weighted by molar-refractivity contribution is 9.10. The van der Waals surface area contributed by atoms with E-state index in [9.17, 15) is 9.59 Å². The largest absolute Gasteiger partial charge is 0.324 e. The Morgan fingerprint density at radius 3 is 2.33 bits per heavy atom. The number of imide groups is 1. The summed E-state index contributed by atoms with van der Waals surface area (Å²) in [5.41, 5.74) is 2.78. The van der Waals surface area contributed by atoms with E-state index in [-0.39, 0.29) is 36.6 Å².